The van der Waals surface area contributed by atoms with Crippen LogP contribution < -0.4 is 4.72 Å². The summed E-state index contributed by atoms with van der Waals surface area (Å²) < 4.78 is 25.9. The number of nitrogens with zero attached hydrogens (tertiary/aromatic N) is 2. The van der Waals surface area contributed by atoms with Gasteiger partial charge in [0.1, 0.15) is 5.82 Å². The molecule has 2 aromatic heterocycles. The zero-order valence-electron chi connectivity index (χ0n) is 9.70. The normalized spacial score (nSPS) is 11.6. The van der Waals surface area contributed by atoms with Crippen LogP contribution in [0.4, 0.5) is 0 Å². The maximum absolute atomic E-state index is 11.7. The molecule has 6 nitrogen and oxygen atoms in total. The smallest absolute Gasteiger partial charge is 0.212 e. The van der Waals surface area contributed by atoms with Crippen LogP contribution in [0.5, 0.6) is 0 Å². The molecular weight excluding hydrogens is 252 g/mol. The Morgan fingerprint density at radius 2 is 2.11 bits per heavy atom. The predicted octanol–water partition coefficient (Wildman–Crippen LogP) is 0.467. The molecule has 0 amide bonds. The minimum atomic E-state index is -3.31. The van der Waals surface area contributed by atoms with E-state index in [-0.39, 0.29) is 12.3 Å². The van der Waals surface area contributed by atoms with Crippen molar-refractivity contribution in [2.24, 2.45) is 0 Å². The summed E-state index contributed by atoms with van der Waals surface area (Å²) in [6.45, 7) is 0.178. The van der Waals surface area contributed by atoms with Gasteiger partial charge in [0.25, 0.3) is 0 Å². The molecule has 0 aliphatic heterocycles. The summed E-state index contributed by atoms with van der Waals surface area (Å²) in [6.07, 6.45) is 5.28. The average Bonchev–Trinajstić information content (AvgIpc) is 2.89. The summed E-state index contributed by atoms with van der Waals surface area (Å²) in [5.41, 5.74) is 0.765. The maximum atomic E-state index is 11.7. The first-order valence-corrected chi connectivity index (χ1v) is 7.16. The summed E-state index contributed by atoms with van der Waals surface area (Å²) in [5.74, 6) is 0.612. The number of sulfonamides is 1. The number of hydrogen-bond acceptors (Lipinski definition) is 4. The van der Waals surface area contributed by atoms with Gasteiger partial charge in [0, 0.05) is 30.7 Å². The first-order valence-electron chi connectivity index (χ1n) is 5.51. The Labute approximate surface area is 106 Å². The molecule has 0 atom stereocenters. The van der Waals surface area contributed by atoms with Crippen LogP contribution in [0, 0.1) is 0 Å². The van der Waals surface area contributed by atoms with Crippen LogP contribution in [0.25, 0.3) is 0 Å². The van der Waals surface area contributed by atoms with Gasteiger partial charge in [0.15, 0.2) is 0 Å². The highest BCUT2D eigenvalue weighted by Gasteiger charge is 2.11. The highest BCUT2D eigenvalue weighted by Crippen LogP contribution is 1.98. The molecule has 0 spiro atoms. The molecule has 18 heavy (non-hydrogen) atoms. The van der Waals surface area contributed by atoms with Gasteiger partial charge >= 0.3 is 0 Å². The Balaban J connectivity index is 1.84. The van der Waals surface area contributed by atoms with E-state index >= 15 is 0 Å². The summed E-state index contributed by atoms with van der Waals surface area (Å²) in [4.78, 5) is 10.9. The molecule has 0 unspecified atom stereocenters. The second-order valence-electron chi connectivity index (χ2n) is 3.75. The molecule has 0 fully saturated rings. The van der Waals surface area contributed by atoms with Crippen molar-refractivity contribution in [2.75, 3.05) is 5.75 Å². The Bertz CT molecular complexity index is 566. The van der Waals surface area contributed by atoms with Gasteiger partial charge in [-0.05, 0) is 12.1 Å². The number of rotatable bonds is 6. The third kappa shape index (κ3) is 3.94. The van der Waals surface area contributed by atoms with E-state index in [0.29, 0.717) is 12.2 Å². The number of aromatic amines is 1. The van der Waals surface area contributed by atoms with Crippen molar-refractivity contribution in [2.45, 2.75) is 13.0 Å². The lowest BCUT2D eigenvalue weighted by Gasteiger charge is -2.04. The van der Waals surface area contributed by atoms with E-state index < -0.39 is 10.0 Å². The van der Waals surface area contributed by atoms with Crippen molar-refractivity contribution in [3.8, 4) is 0 Å². The molecule has 0 bridgehead atoms. The number of imidazole rings is 1. The Morgan fingerprint density at radius 3 is 2.78 bits per heavy atom. The number of nitrogens with one attached hydrogen (secondary N) is 2. The van der Waals surface area contributed by atoms with Crippen LogP contribution in [0.1, 0.15) is 11.5 Å². The third-order valence-electron chi connectivity index (χ3n) is 2.37. The minimum absolute atomic E-state index is 0.0186. The van der Waals surface area contributed by atoms with E-state index in [4.69, 9.17) is 0 Å². The van der Waals surface area contributed by atoms with Crippen molar-refractivity contribution >= 4 is 10.0 Å². The SMILES string of the molecule is O=S(=O)(CCc1ccccn1)NCc1ncc[nH]1. The van der Waals surface area contributed by atoms with E-state index in [2.05, 4.69) is 19.7 Å². The third-order valence-corrected chi connectivity index (χ3v) is 3.69. The molecule has 0 radical (unpaired) electrons. The molecule has 0 aliphatic rings. The Morgan fingerprint density at radius 1 is 1.22 bits per heavy atom. The van der Waals surface area contributed by atoms with Crippen molar-refractivity contribution in [3.63, 3.8) is 0 Å². The van der Waals surface area contributed by atoms with Gasteiger partial charge in [-0.15, -0.1) is 0 Å². The fourth-order valence-corrected chi connectivity index (χ4v) is 2.41. The van der Waals surface area contributed by atoms with Gasteiger partial charge in [-0.2, -0.15) is 0 Å². The highest BCUT2D eigenvalue weighted by atomic mass is 32.2. The van der Waals surface area contributed by atoms with Crippen LogP contribution in [0.2, 0.25) is 0 Å². The van der Waals surface area contributed by atoms with Gasteiger partial charge in [-0.25, -0.2) is 18.1 Å². The maximum Gasteiger partial charge on any atom is 0.212 e. The molecule has 2 rings (SSSR count). The van der Waals surface area contributed by atoms with Gasteiger partial charge in [0.05, 0.1) is 12.3 Å². The van der Waals surface area contributed by atoms with Crippen LogP contribution in [0.15, 0.2) is 36.8 Å². The Hall–Kier alpha value is -1.73. The predicted molar refractivity (Wildman–Crippen MR) is 67.2 cm³/mol. The lowest BCUT2D eigenvalue weighted by Crippen LogP contribution is -2.27. The number of H-pyrrole nitrogens is 1. The second kappa shape index (κ2) is 5.74. The standard InChI is InChI=1S/C11H14N4O2S/c16-18(17,15-9-11-13-6-7-14-11)8-4-10-3-1-2-5-12-10/h1-3,5-7,15H,4,8-9H2,(H,13,14). The molecule has 0 aromatic carbocycles. The zero-order valence-corrected chi connectivity index (χ0v) is 10.5. The van der Waals surface area contributed by atoms with E-state index in [9.17, 15) is 8.42 Å². The number of aromatic nitrogens is 3. The van der Waals surface area contributed by atoms with Gasteiger partial charge in [0.2, 0.25) is 10.0 Å². The van der Waals surface area contributed by atoms with Gasteiger partial charge < -0.3 is 4.98 Å². The summed E-state index contributed by atoms with van der Waals surface area (Å²) in [5, 5.41) is 0. The quantitative estimate of drug-likeness (QED) is 0.795. The van der Waals surface area contributed by atoms with Crippen molar-refractivity contribution in [1.29, 1.82) is 0 Å². The Kier molecular flexibility index (Phi) is 4.06. The van der Waals surface area contributed by atoms with E-state index in [1.165, 1.54) is 0 Å². The molecular formula is C11H14N4O2S. The number of hydrogen-bond donors (Lipinski definition) is 2. The second-order valence-corrected chi connectivity index (χ2v) is 5.67. The first-order chi connectivity index (χ1) is 8.66. The summed E-state index contributed by atoms with van der Waals surface area (Å²) in [6, 6.07) is 5.44. The zero-order chi connectivity index (χ0) is 12.8. The summed E-state index contributed by atoms with van der Waals surface area (Å²) in [7, 11) is -3.31. The topological polar surface area (TPSA) is 87.7 Å². The molecule has 0 saturated heterocycles. The minimum Gasteiger partial charge on any atom is -0.347 e. The molecule has 0 aliphatic carbocycles. The van der Waals surface area contributed by atoms with E-state index in [0.717, 1.165) is 5.69 Å². The van der Waals surface area contributed by atoms with E-state index in [1.807, 2.05) is 12.1 Å². The molecule has 7 heteroatoms. The van der Waals surface area contributed by atoms with Crippen LogP contribution in [0.3, 0.4) is 0 Å². The monoisotopic (exact) mass is 266 g/mol. The van der Waals surface area contributed by atoms with Crippen molar-refractivity contribution < 1.29 is 8.42 Å². The number of aryl methyl sites for hydroxylation is 1. The largest absolute Gasteiger partial charge is 0.347 e. The molecule has 0 saturated carbocycles. The number of pyridine rings is 1. The highest BCUT2D eigenvalue weighted by molar-refractivity contribution is 7.89. The lowest BCUT2D eigenvalue weighted by atomic mass is 10.3. The fourth-order valence-electron chi connectivity index (χ4n) is 1.43. The van der Waals surface area contributed by atoms with Crippen LogP contribution in [-0.2, 0) is 23.0 Å². The first kappa shape index (κ1) is 12.7. The van der Waals surface area contributed by atoms with Crippen LogP contribution in [-0.4, -0.2) is 29.1 Å². The van der Waals surface area contributed by atoms with E-state index in [1.54, 1.807) is 24.7 Å². The van der Waals surface area contributed by atoms with Crippen molar-refractivity contribution in [1.82, 2.24) is 19.7 Å². The molecule has 2 heterocycles. The average molecular weight is 266 g/mol. The van der Waals surface area contributed by atoms with Gasteiger partial charge in [-0.3, -0.25) is 4.98 Å². The van der Waals surface area contributed by atoms with Crippen LogP contribution >= 0.6 is 0 Å². The van der Waals surface area contributed by atoms with Crippen molar-refractivity contribution in [3.05, 3.63) is 48.3 Å². The molecule has 2 aromatic rings. The fraction of sp³-hybridized carbons (Fsp3) is 0.273. The molecule has 96 valence electrons. The lowest BCUT2D eigenvalue weighted by molar-refractivity contribution is 0.578. The van der Waals surface area contributed by atoms with Gasteiger partial charge in [-0.1, -0.05) is 6.07 Å². The summed E-state index contributed by atoms with van der Waals surface area (Å²) >= 11 is 0. The molecule has 2 N–H and O–H groups in total.